The lowest BCUT2D eigenvalue weighted by molar-refractivity contribution is -0.110. The molecule has 19 heavy (non-hydrogen) atoms. The van der Waals surface area contributed by atoms with E-state index >= 15 is 0 Å². The van der Waals surface area contributed by atoms with E-state index in [2.05, 4.69) is 18.8 Å². The van der Waals surface area contributed by atoms with Crippen LogP contribution in [0.25, 0.3) is 11.0 Å². The second kappa shape index (κ2) is 3.93. The van der Waals surface area contributed by atoms with Gasteiger partial charge in [0.05, 0.1) is 17.1 Å². The topological polar surface area (TPSA) is 53.1 Å². The molecule has 3 rings (SSSR count). The third-order valence-corrected chi connectivity index (χ3v) is 4.40. The van der Waals surface area contributed by atoms with Crippen molar-refractivity contribution in [3.05, 3.63) is 24.0 Å². The van der Waals surface area contributed by atoms with Crippen molar-refractivity contribution in [3.8, 4) is 0 Å². The van der Waals surface area contributed by atoms with E-state index in [1.807, 2.05) is 4.57 Å². The van der Waals surface area contributed by atoms with Crippen LogP contribution in [0.3, 0.4) is 0 Å². The summed E-state index contributed by atoms with van der Waals surface area (Å²) in [4.78, 5) is 4.31. The zero-order valence-electron chi connectivity index (χ0n) is 11.4. The van der Waals surface area contributed by atoms with Crippen molar-refractivity contribution in [2.45, 2.75) is 32.4 Å². The Morgan fingerprint density at radius 1 is 1.47 bits per heavy atom. The largest absolute Gasteiger partial charge is 0.381 e. The van der Waals surface area contributed by atoms with E-state index in [0.29, 0.717) is 5.95 Å². The van der Waals surface area contributed by atoms with Crippen LogP contribution in [0.5, 0.6) is 0 Å². The van der Waals surface area contributed by atoms with Gasteiger partial charge in [0.2, 0.25) is 5.95 Å². The summed E-state index contributed by atoms with van der Waals surface area (Å²) >= 11 is 0. The van der Waals surface area contributed by atoms with Gasteiger partial charge in [-0.15, -0.1) is 0 Å². The number of hydrogen-bond donors (Lipinski definition) is 1. The van der Waals surface area contributed by atoms with Crippen LogP contribution in [-0.2, 0) is 4.74 Å². The monoisotopic (exact) mass is 263 g/mol. The SMILES string of the molecule is COC1CC(n2c(N)nc3ccc(F)cc32)C1(C)C. The highest BCUT2D eigenvalue weighted by atomic mass is 19.1. The zero-order valence-corrected chi connectivity index (χ0v) is 11.4. The van der Waals surface area contributed by atoms with E-state index in [-0.39, 0.29) is 23.4 Å². The number of aromatic nitrogens is 2. The van der Waals surface area contributed by atoms with Crippen LogP contribution in [-0.4, -0.2) is 22.8 Å². The average molecular weight is 263 g/mol. The van der Waals surface area contributed by atoms with Gasteiger partial charge in [-0.05, 0) is 24.6 Å². The zero-order chi connectivity index (χ0) is 13.8. The van der Waals surface area contributed by atoms with Crippen molar-refractivity contribution in [3.63, 3.8) is 0 Å². The molecule has 0 radical (unpaired) electrons. The highest BCUT2D eigenvalue weighted by Crippen LogP contribution is 2.52. The Hall–Kier alpha value is -1.62. The molecule has 1 aliphatic rings. The predicted molar refractivity (Wildman–Crippen MR) is 72.3 cm³/mol. The smallest absolute Gasteiger partial charge is 0.201 e. The van der Waals surface area contributed by atoms with Gasteiger partial charge in [0.1, 0.15) is 5.82 Å². The van der Waals surface area contributed by atoms with Crippen LogP contribution < -0.4 is 5.73 Å². The van der Waals surface area contributed by atoms with Gasteiger partial charge < -0.3 is 15.0 Å². The Balaban J connectivity index is 2.11. The molecule has 2 N–H and O–H groups in total. The normalized spacial score (nSPS) is 25.5. The second-order valence-electron chi connectivity index (χ2n) is 5.77. The molecular weight excluding hydrogens is 245 g/mol. The van der Waals surface area contributed by atoms with E-state index in [1.165, 1.54) is 12.1 Å². The van der Waals surface area contributed by atoms with E-state index in [0.717, 1.165) is 17.5 Å². The van der Waals surface area contributed by atoms with Crippen molar-refractivity contribution >= 4 is 17.0 Å². The highest BCUT2D eigenvalue weighted by Gasteiger charge is 2.50. The summed E-state index contributed by atoms with van der Waals surface area (Å²) in [6.45, 7) is 4.28. The molecule has 2 atom stereocenters. The molecular formula is C14H18FN3O. The van der Waals surface area contributed by atoms with Crippen LogP contribution >= 0.6 is 0 Å². The first-order valence-corrected chi connectivity index (χ1v) is 6.41. The number of nitrogen functional groups attached to an aromatic ring is 1. The van der Waals surface area contributed by atoms with Crippen LogP contribution in [0, 0.1) is 11.2 Å². The van der Waals surface area contributed by atoms with Gasteiger partial charge in [-0.2, -0.15) is 0 Å². The number of benzene rings is 1. The fraction of sp³-hybridized carbons (Fsp3) is 0.500. The van der Waals surface area contributed by atoms with Gasteiger partial charge in [0.25, 0.3) is 0 Å². The third-order valence-electron chi connectivity index (χ3n) is 4.40. The number of halogens is 1. The number of nitrogens with two attached hydrogens (primary N) is 1. The van der Waals surface area contributed by atoms with E-state index in [4.69, 9.17) is 10.5 Å². The molecule has 0 spiro atoms. The number of imidazole rings is 1. The first-order chi connectivity index (χ1) is 8.95. The molecule has 5 heteroatoms. The quantitative estimate of drug-likeness (QED) is 0.906. The summed E-state index contributed by atoms with van der Waals surface area (Å²) in [5.74, 6) is 0.169. The molecule has 102 valence electrons. The lowest BCUT2D eigenvalue weighted by Gasteiger charge is -2.51. The molecule has 0 saturated heterocycles. The number of nitrogens with zero attached hydrogens (tertiary/aromatic N) is 2. The van der Waals surface area contributed by atoms with Gasteiger partial charge in [0.15, 0.2) is 0 Å². The summed E-state index contributed by atoms with van der Waals surface area (Å²) in [5.41, 5.74) is 7.46. The lowest BCUT2D eigenvalue weighted by Crippen LogP contribution is -2.51. The standard InChI is InChI=1S/C14H18FN3O/c1-14(2)11(7-12(14)19-3)18-10-6-8(15)4-5-9(10)17-13(18)16/h4-6,11-12H,7H2,1-3H3,(H2,16,17). The van der Waals surface area contributed by atoms with E-state index < -0.39 is 0 Å². The van der Waals surface area contributed by atoms with Crippen LogP contribution in [0.1, 0.15) is 26.3 Å². The number of fused-ring (bicyclic) bond motifs is 1. The van der Waals surface area contributed by atoms with Crippen molar-refractivity contribution < 1.29 is 9.13 Å². The summed E-state index contributed by atoms with van der Waals surface area (Å²) in [6, 6.07) is 4.75. The Morgan fingerprint density at radius 3 is 2.84 bits per heavy atom. The fourth-order valence-corrected chi connectivity index (χ4v) is 3.11. The Kier molecular flexibility index (Phi) is 2.57. The summed E-state index contributed by atoms with van der Waals surface area (Å²) < 4.78 is 20.8. The predicted octanol–water partition coefficient (Wildman–Crippen LogP) is 2.74. The molecule has 4 nitrogen and oxygen atoms in total. The summed E-state index contributed by atoms with van der Waals surface area (Å²) in [7, 11) is 1.72. The van der Waals surface area contributed by atoms with Gasteiger partial charge in [-0.3, -0.25) is 0 Å². The van der Waals surface area contributed by atoms with E-state index in [1.54, 1.807) is 13.2 Å². The highest BCUT2D eigenvalue weighted by molar-refractivity contribution is 5.78. The minimum atomic E-state index is -0.269. The second-order valence-corrected chi connectivity index (χ2v) is 5.77. The molecule has 1 aliphatic carbocycles. The van der Waals surface area contributed by atoms with Crippen molar-refractivity contribution in [1.29, 1.82) is 0 Å². The molecule has 0 aliphatic heterocycles. The number of hydrogen-bond acceptors (Lipinski definition) is 3. The molecule has 1 fully saturated rings. The number of ether oxygens (including phenoxy) is 1. The Labute approximate surface area is 111 Å². The molecule has 0 bridgehead atoms. The van der Waals surface area contributed by atoms with Crippen molar-refractivity contribution in [1.82, 2.24) is 9.55 Å². The molecule has 1 aromatic heterocycles. The van der Waals surface area contributed by atoms with Gasteiger partial charge in [0, 0.05) is 18.6 Å². The molecule has 1 aromatic carbocycles. The van der Waals surface area contributed by atoms with Crippen molar-refractivity contribution in [2.24, 2.45) is 5.41 Å². The van der Waals surface area contributed by atoms with E-state index in [9.17, 15) is 4.39 Å². The van der Waals surface area contributed by atoms with Gasteiger partial charge >= 0.3 is 0 Å². The minimum Gasteiger partial charge on any atom is -0.381 e. The first-order valence-electron chi connectivity index (χ1n) is 6.41. The molecule has 1 heterocycles. The lowest BCUT2D eigenvalue weighted by atomic mass is 9.64. The van der Waals surface area contributed by atoms with Gasteiger partial charge in [-0.25, -0.2) is 9.37 Å². The maximum atomic E-state index is 13.4. The van der Waals surface area contributed by atoms with Crippen LogP contribution in [0.4, 0.5) is 10.3 Å². The molecule has 2 aromatic rings. The number of anilines is 1. The Morgan fingerprint density at radius 2 is 2.21 bits per heavy atom. The number of rotatable bonds is 2. The maximum absolute atomic E-state index is 13.4. The third kappa shape index (κ3) is 1.64. The molecule has 1 saturated carbocycles. The summed E-state index contributed by atoms with van der Waals surface area (Å²) in [5, 5.41) is 0. The summed E-state index contributed by atoms with van der Waals surface area (Å²) in [6.07, 6.45) is 1.07. The number of methoxy groups -OCH3 is 1. The van der Waals surface area contributed by atoms with Gasteiger partial charge in [-0.1, -0.05) is 13.8 Å². The molecule has 0 amide bonds. The van der Waals surface area contributed by atoms with Crippen LogP contribution in [0.2, 0.25) is 0 Å². The van der Waals surface area contributed by atoms with Crippen molar-refractivity contribution in [2.75, 3.05) is 12.8 Å². The first kappa shape index (κ1) is 12.4. The Bertz CT molecular complexity index is 635. The average Bonchev–Trinajstić information content (AvgIpc) is 2.65. The van der Waals surface area contributed by atoms with Crippen LogP contribution in [0.15, 0.2) is 18.2 Å². The minimum absolute atomic E-state index is 0.0389. The maximum Gasteiger partial charge on any atom is 0.201 e. The fourth-order valence-electron chi connectivity index (χ4n) is 3.11. The molecule has 2 unspecified atom stereocenters.